The second-order valence-electron chi connectivity index (χ2n) is 2.34. The Kier molecular flexibility index (Phi) is 1.94. The fraction of sp³-hybridized carbons (Fsp3) is 0.429. The predicted molar refractivity (Wildman–Crippen MR) is 39.8 cm³/mol. The van der Waals surface area contributed by atoms with Gasteiger partial charge in [-0.3, -0.25) is 0 Å². The molecule has 0 fully saturated rings. The molecule has 4 heteroatoms. The van der Waals surface area contributed by atoms with E-state index in [1.807, 2.05) is 6.92 Å². The van der Waals surface area contributed by atoms with Crippen LogP contribution in [0.4, 0.5) is 0 Å². The smallest absolute Gasteiger partial charge is 0.380 e. The Morgan fingerprint density at radius 1 is 1.73 bits per heavy atom. The van der Waals surface area contributed by atoms with E-state index in [2.05, 4.69) is 4.98 Å². The molecule has 0 spiro atoms. The van der Waals surface area contributed by atoms with Crippen LogP contribution >= 0.6 is 0 Å². The van der Waals surface area contributed by atoms with Crippen LogP contribution in [0.2, 0.25) is 0 Å². The summed E-state index contributed by atoms with van der Waals surface area (Å²) in [4.78, 5) is 14.4. The van der Waals surface area contributed by atoms with Crippen molar-refractivity contribution in [2.45, 2.75) is 20.3 Å². The lowest BCUT2D eigenvalue weighted by Gasteiger charge is -2.02. The molecule has 1 aromatic heterocycles. The molecule has 0 aromatic carbocycles. The van der Waals surface area contributed by atoms with Crippen molar-refractivity contribution in [1.29, 1.82) is 0 Å². The van der Waals surface area contributed by atoms with Gasteiger partial charge in [-0.15, -0.1) is 4.73 Å². The van der Waals surface area contributed by atoms with Gasteiger partial charge in [-0.25, -0.2) is 4.79 Å². The van der Waals surface area contributed by atoms with Crippen molar-refractivity contribution in [3.8, 4) is 0 Å². The molecule has 1 rings (SSSR count). The van der Waals surface area contributed by atoms with Crippen molar-refractivity contribution in [2.24, 2.45) is 0 Å². The normalized spacial score (nSPS) is 10.0. The van der Waals surface area contributed by atoms with Gasteiger partial charge in [0.15, 0.2) is 0 Å². The second-order valence-corrected chi connectivity index (χ2v) is 2.34. The maximum Gasteiger partial charge on any atom is 0.380 e. The van der Waals surface area contributed by atoms with Gasteiger partial charge in [0.05, 0.1) is 5.69 Å². The lowest BCUT2D eigenvalue weighted by atomic mass is 10.3. The van der Waals surface area contributed by atoms with E-state index in [9.17, 15) is 4.79 Å². The Bertz CT molecular complexity index is 317. The van der Waals surface area contributed by atoms with Crippen molar-refractivity contribution < 1.29 is 5.21 Å². The largest absolute Gasteiger partial charge is 0.424 e. The molecule has 0 bridgehead atoms. The highest BCUT2D eigenvalue weighted by molar-refractivity contribution is 5.06. The third kappa shape index (κ3) is 1.39. The topological polar surface area (TPSA) is 55.1 Å². The number of rotatable bonds is 1. The van der Waals surface area contributed by atoms with E-state index >= 15 is 0 Å². The van der Waals surface area contributed by atoms with Crippen LogP contribution in [-0.2, 0) is 6.42 Å². The van der Waals surface area contributed by atoms with E-state index in [4.69, 9.17) is 5.21 Å². The molecule has 0 atom stereocenters. The average molecular weight is 154 g/mol. The van der Waals surface area contributed by atoms with Gasteiger partial charge in [0.2, 0.25) is 0 Å². The summed E-state index contributed by atoms with van der Waals surface area (Å²) in [6.07, 6.45) is 0.620. The zero-order valence-electron chi connectivity index (χ0n) is 6.53. The summed E-state index contributed by atoms with van der Waals surface area (Å²) < 4.78 is 0.576. The first kappa shape index (κ1) is 7.78. The van der Waals surface area contributed by atoms with Crippen LogP contribution in [0.1, 0.15) is 18.3 Å². The summed E-state index contributed by atoms with van der Waals surface area (Å²) in [5.74, 6) is 0. The van der Waals surface area contributed by atoms with Gasteiger partial charge in [-0.05, 0) is 19.4 Å². The Morgan fingerprint density at radius 2 is 2.36 bits per heavy atom. The molecule has 0 saturated heterocycles. The molecular formula is C7H10N2O2. The molecule has 0 aliphatic rings. The number of aromatic nitrogens is 2. The molecule has 1 aromatic rings. The lowest BCUT2D eigenvalue weighted by molar-refractivity contribution is 0.160. The molecule has 0 radical (unpaired) electrons. The molecule has 0 aliphatic carbocycles. The van der Waals surface area contributed by atoms with Crippen LogP contribution in [0.25, 0.3) is 0 Å². The summed E-state index contributed by atoms with van der Waals surface area (Å²) >= 11 is 0. The van der Waals surface area contributed by atoms with Gasteiger partial charge in [0, 0.05) is 5.69 Å². The van der Waals surface area contributed by atoms with Crippen molar-refractivity contribution in [2.75, 3.05) is 0 Å². The summed E-state index contributed by atoms with van der Waals surface area (Å²) in [6, 6.07) is 1.68. The molecular weight excluding hydrogens is 144 g/mol. The second kappa shape index (κ2) is 2.74. The number of aryl methyl sites for hydroxylation is 2. The van der Waals surface area contributed by atoms with Gasteiger partial charge in [0.1, 0.15) is 0 Å². The van der Waals surface area contributed by atoms with Gasteiger partial charge in [-0.1, -0.05) is 6.92 Å². The van der Waals surface area contributed by atoms with E-state index in [0.717, 1.165) is 0 Å². The van der Waals surface area contributed by atoms with Crippen LogP contribution < -0.4 is 5.69 Å². The van der Waals surface area contributed by atoms with E-state index in [1.54, 1.807) is 13.0 Å². The molecule has 0 aliphatic heterocycles. The standard InChI is InChI=1S/C7H10N2O2/c1-3-6-4-5(2)8-7(10)9(6)11/h4,11H,3H2,1-2H3. The average Bonchev–Trinajstić information content (AvgIpc) is 1.96. The lowest BCUT2D eigenvalue weighted by Crippen LogP contribution is -2.24. The van der Waals surface area contributed by atoms with E-state index in [1.165, 1.54) is 0 Å². The van der Waals surface area contributed by atoms with Gasteiger partial charge < -0.3 is 5.21 Å². The van der Waals surface area contributed by atoms with Crippen LogP contribution in [0.3, 0.4) is 0 Å². The highest BCUT2D eigenvalue weighted by atomic mass is 16.5. The van der Waals surface area contributed by atoms with Crippen LogP contribution in [-0.4, -0.2) is 14.9 Å². The number of hydrogen-bond acceptors (Lipinski definition) is 3. The molecule has 11 heavy (non-hydrogen) atoms. The van der Waals surface area contributed by atoms with Crippen LogP contribution in [0.15, 0.2) is 10.9 Å². The first-order chi connectivity index (χ1) is 5.15. The van der Waals surface area contributed by atoms with Crippen molar-refractivity contribution in [1.82, 2.24) is 9.71 Å². The summed E-state index contributed by atoms with van der Waals surface area (Å²) in [5, 5.41) is 9.06. The number of hydrogen-bond donors (Lipinski definition) is 1. The maximum atomic E-state index is 10.8. The van der Waals surface area contributed by atoms with Crippen LogP contribution in [0.5, 0.6) is 0 Å². The summed E-state index contributed by atoms with van der Waals surface area (Å²) in [7, 11) is 0. The fourth-order valence-electron chi connectivity index (χ4n) is 0.907. The molecule has 1 heterocycles. The molecule has 0 saturated carbocycles. The van der Waals surface area contributed by atoms with E-state index in [-0.39, 0.29) is 0 Å². The quantitative estimate of drug-likeness (QED) is 0.594. The van der Waals surface area contributed by atoms with Crippen molar-refractivity contribution in [3.05, 3.63) is 27.9 Å². The Balaban J connectivity index is 3.36. The third-order valence-electron chi connectivity index (χ3n) is 1.46. The fourth-order valence-corrected chi connectivity index (χ4v) is 0.907. The minimum absolute atomic E-state index is 0.576. The first-order valence-electron chi connectivity index (χ1n) is 3.44. The van der Waals surface area contributed by atoms with Crippen LogP contribution in [0, 0.1) is 6.92 Å². The molecule has 0 unspecified atom stereocenters. The number of nitrogens with zero attached hydrogens (tertiary/aromatic N) is 2. The summed E-state index contributed by atoms with van der Waals surface area (Å²) in [5.41, 5.74) is 0.613. The van der Waals surface area contributed by atoms with Crippen molar-refractivity contribution >= 4 is 0 Å². The first-order valence-corrected chi connectivity index (χ1v) is 3.44. The highest BCUT2D eigenvalue weighted by Gasteiger charge is 2.01. The molecule has 1 N–H and O–H groups in total. The van der Waals surface area contributed by atoms with Gasteiger partial charge >= 0.3 is 5.69 Å². The zero-order chi connectivity index (χ0) is 8.43. The SMILES string of the molecule is CCc1cc(C)nc(=O)n1O. The Hall–Kier alpha value is -1.32. The summed E-state index contributed by atoms with van der Waals surface area (Å²) in [6.45, 7) is 3.58. The van der Waals surface area contributed by atoms with Gasteiger partial charge in [0.25, 0.3) is 0 Å². The van der Waals surface area contributed by atoms with E-state index in [0.29, 0.717) is 22.5 Å². The molecule has 60 valence electrons. The van der Waals surface area contributed by atoms with E-state index < -0.39 is 5.69 Å². The highest BCUT2D eigenvalue weighted by Crippen LogP contribution is 1.96. The monoisotopic (exact) mass is 154 g/mol. The Labute approximate surface area is 64.1 Å². The van der Waals surface area contributed by atoms with Gasteiger partial charge in [-0.2, -0.15) is 4.98 Å². The minimum atomic E-state index is -0.609. The minimum Gasteiger partial charge on any atom is -0.424 e. The Morgan fingerprint density at radius 3 is 2.91 bits per heavy atom. The predicted octanol–water partition coefficient (Wildman–Crippen LogP) is 0.351. The molecule has 4 nitrogen and oxygen atoms in total. The van der Waals surface area contributed by atoms with Crippen molar-refractivity contribution in [3.63, 3.8) is 0 Å². The zero-order valence-corrected chi connectivity index (χ0v) is 6.53. The third-order valence-corrected chi connectivity index (χ3v) is 1.46. The molecule has 0 amide bonds. The maximum absolute atomic E-state index is 10.8.